The van der Waals surface area contributed by atoms with Crippen LogP contribution in [0.15, 0.2) is 0 Å². The lowest BCUT2D eigenvalue weighted by molar-refractivity contribution is 0.109. The molecule has 0 amide bonds. The summed E-state index contributed by atoms with van der Waals surface area (Å²) in [5.41, 5.74) is 0. The van der Waals surface area contributed by atoms with E-state index in [2.05, 4.69) is 31.7 Å². The third-order valence-electron chi connectivity index (χ3n) is 3.92. The van der Waals surface area contributed by atoms with Gasteiger partial charge in [-0.1, -0.05) is 27.2 Å². The first kappa shape index (κ1) is 13.5. The minimum absolute atomic E-state index is 0.271. The van der Waals surface area contributed by atoms with Crippen LogP contribution in [0.1, 0.15) is 52.9 Å². The van der Waals surface area contributed by atoms with Crippen molar-refractivity contribution in [1.82, 2.24) is 4.90 Å². The molecule has 3 unspecified atom stereocenters. The van der Waals surface area contributed by atoms with Crippen molar-refractivity contribution in [2.45, 2.75) is 58.9 Å². The van der Waals surface area contributed by atoms with Gasteiger partial charge in [0, 0.05) is 6.04 Å². The molecule has 1 aliphatic rings. The normalized spacial score (nSPS) is 30.3. The average Bonchev–Trinajstić information content (AvgIpc) is 2.30. The highest BCUT2D eigenvalue weighted by Crippen LogP contribution is 2.31. The summed E-state index contributed by atoms with van der Waals surface area (Å²) in [6, 6.07) is 3.04. The van der Waals surface area contributed by atoms with E-state index in [1.165, 1.54) is 32.2 Å². The van der Waals surface area contributed by atoms with Crippen LogP contribution in [0, 0.1) is 23.2 Å². The number of hydrogen-bond acceptors (Lipinski definition) is 2. The van der Waals surface area contributed by atoms with E-state index < -0.39 is 0 Å². The van der Waals surface area contributed by atoms with Crippen molar-refractivity contribution in [3.63, 3.8) is 0 Å². The predicted molar refractivity (Wildman–Crippen MR) is 68.1 cm³/mol. The van der Waals surface area contributed by atoms with Gasteiger partial charge in [-0.25, -0.2) is 0 Å². The molecular formula is C14H26N2. The number of nitrogens with zero attached hydrogens (tertiary/aromatic N) is 2. The quantitative estimate of drug-likeness (QED) is 0.712. The summed E-state index contributed by atoms with van der Waals surface area (Å²) >= 11 is 0. The Hall–Kier alpha value is -0.550. The van der Waals surface area contributed by atoms with Crippen molar-refractivity contribution in [2.24, 2.45) is 11.8 Å². The maximum absolute atomic E-state index is 9.24. The largest absolute Gasteiger partial charge is 0.299 e. The van der Waals surface area contributed by atoms with E-state index in [-0.39, 0.29) is 5.92 Å². The molecule has 1 rings (SSSR count). The monoisotopic (exact) mass is 222 g/mol. The summed E-state index contributed by atoms with van der Waals surface area (Å²) in [6.45, 7) is 9.05. The van der Waals surface area contributed by atoms with Gasteiger partial charge in [-0.15, -0.1) is 0 Å². The Bertz CT molecular complexity index is 231. The van der Waals surface area contributed by atoms with Crippen LogP contribution < -0.4 is 0 Å². The van der Waals surface area contributed by atoms with E-state index in [0.717, 1.165) is 18.9 Å². The number of unbranched alkanes of at least 4 members (excludes halogenated alkanes) is 1. The molecule has 0 saturated heterocycles. The molecule has 0 radical (unpaired) electrons. The third kappa shape index (κ3) is 3.49. The molecule has 2 heteroatoms. The highest BCUT2D eigenvalue weighted by atomic mass is 15.2. The predicted octanol–water partition coefficient (Wildman–Crippen LogP) is 3.44. The first-order valence-corrected chi connectivity index (χ1v) is 6.86. The van der Waals surface area contributed by atoms with Crippen LogP contribution in [-0.4, -0.2) is 24.0 Å². The molecule has 0 aliphatic heterocycles. The summed E-state index contributed by atoms with van der Waals surface area (Å²) in [5.74, 6) is 1.07. The number of nitriles is 1. The van der Waals surface area contributed by atoms with Crippen molar-refractivity contribution < 1.29 is 0 Å². The summed E-state index contributed by atoms with van der Waals surface area (Å²) in [7, 11) is 0. The molecule has 2 nitrogen and oxygen atoms in total. The number of hydrogen-bond donors (Lipinski definition) is 0. The van der Waals surface area contributed by atoms with Gasteiger partial charge in [0.25, 0.3) is 0 Å². The van der Waals surface area contributed by atoms with Crippen LogP contribution in [0.2, 0.25) is 0 Å². The van der Waals surface area contributed by atoms with Gasteiger partial charge < -0.3 is 0 Å². The maximum Gasteiger partial charge on any atom is 0.0672 e. The first-order valence-electron chi connectivity index (χ1n) is 6.86. The van der Waals surface area contributed by atoms with Crippen molar-refractivity contribution in [2.75, 3.05) is 13.1 Å². The topological polar surface area (TPSA) is 27.0 Å². The molecule has 1 fully saturated rings. The van der Waals surface area contributed by atoms with E-state index in [1.54, 1.807) is 0 Å². The fourth-order valence-corrected chi connectivity index (χ4v) is 2.82. The van der Waals surface area contributed by atoms with E-state index in [9.17, 15) is 5.26 Å². The van der Waals surface area contributed by atoms with Crippen molar-refractivity contribution in [3.05, 3.63) is 0 Å². The smallest absolute Gasteiger partial charge is 0.0672 e. The summed E-state index contributed by atoms with van der Waals surface area (Å²) in [6.07, 6.45) is 6.06. The van der Waals surface area contributed by atoms with Gasteiger partial charge in [0.1, 0.15) is 0 Å². The second-order valence-electron chi connectivity index (χ2n) is 5.20. The van der Waals surface area contributed by atoms with Crippen molar-refractivity contribution in [1.29, 1.82) is 5.26 Å². The van der Waals surface area contributed by atoms with E-state index >= 15 is 0 Å². The average molecular weight is 222 g/mol. The van der Waals surface area contributed by atoms with Crippen LogP contribution in [0.4, 0.5) is 0 Å². The fraction of sp³-hybridized carbons (Fsp3) is 0.929. The molecule has 3 atom stereocenters. The van der Waals surface area contributed by atoms with Gasteiger partial charge in [-0.2, -0.15) is 5.26 Å². The van der Waals surface area contributed by atoms with Gasteiger partial charge in [0.05, 0.1) is 12.0 Å². The molecule has 0 heterocycles. The van der Waals surface area contributed by atoms with E-state index in [4.69, 9.17) is 0 Å². The Morgan fingerprint density at radius 3 is 2.62 bits per heavy atom. The second-order valence-corrected chi connectivity index (χ2v) is 5.20. The van der Waals surface area contributed by atoms with Crippen molar-refractivity contribution in [3.8, 4) is 6.07 Å². The Labute approximate surface area is 101 Å². The minimum Gasteiger partial charge on any atom is -0.299 e. The molecule has 92 valence electrons. The molecule has 0 N–H and O–H groups in total. The SMILES string of the molecule is CCCCN(CC)C1CC(C)CCC1C#N. The molecule has 0 spiro atoms. The molecule has 0 aromatic heterocycles. The third-order valence-corrected chi connectivity index (χ3v) is 3.92. The van der Waals surface area contributed by atoms with Gasteiger partial charge >= 0.3 is 0 Å². The second kappa shape index (κ2) is 6.91. The Kier molecular flexibility index (Phi) is 5.84. The van der Waals surface area contributed by atoms with Crippen LogP contribution >= 0.6 is 0 Å². The van der Waals surface area contributed by atoms with Crippen LogP contribution in [0.3, 0.4) is 0 Å². The minimum atomic E-state index is 0.271. The van der Waals surface area contributed by atoms with Crippen LogP contribution in [0.5, 0.6) is 0 Å². The zero-order valence-corrected chi connectivity index (χ0v) is 11.1. The standard InChI is InChI=1S/C14H26N2/c1-4-6-9-16(5-2)14-10-12(3)7-8-13(14)11-15/h12-14H,4-10H2,1-3H3. The molecule has 0 aromatic carbocycles. The van der Waals surface area contributed by atoms with Gasteiger partial charge in [0.2, 0.25) is 0 Å². The first-order chi connectivity index (χ1) is 7.72. The molecular weight excluding hydrogens is 196 g/mol. The van der Waals surface area contributed by atoms with E-state index in [0.29, 0.717) is 6.04 Å². The molecule has 16 heavy (non-hydrogen) atoms. The van der Waals surface area contributed by atoms with E-state index in [1.807, 2.05) is 0 Å². The Balaban J connectivity index is 2.60. The van der Waals surface area contributed by atoms with Gasteiger partial charge in [-0.3, -0.25) is 4.90 Å². The maximum atomic E-state index is 9.24. The molecule has 1 saturated carbocycles. The Morgan fingerprint density at radius 1 is 1.31 bits per heavy atom. The van der Waals surface area contributed by atoms with Crippen LogP contribution in [-0.2, 0) is 0 Å². The summed E-state index contributed by atoms with van der Waals surface area (Å²) < 4.78 is 0. The lowest BCUT2D eigenvalue weighted by atomic mass is 9.79. The highest BCUT2D eigenvalue weighted by Gasteiger charge is 2.31. The Morgan fingerprint density at radius 2 is 2.06 bits per heavy atom. The lowest BCUT2D eigenvalue weighted by Crippen LogP contribution is -2.44. The highest BCUT2D eigenvalue weighted by molar-refractivity contribution is 4.96. The molecule has 0 bridgehead atoms. The molecule has 0 aromatic rings. The summed E-state index contributed by atoms with van der Waals surface area (Å²) in [4.78, 5) is 2.53. The summed E-state index contributed by atoms with van der Waals surface area (Å²) in [5, 5.41) is 9.24. The zero-order chi connectivity index (χ0) is 12.0. The lowest BCUT2D eigenvalue weighted by Gasteiger charge is -2.39. The number of rotatable bonds is 5. The van der Waals surface area contributed by atoms with Crippen molar-refractivity contribution >= 4 is 0 Å². The van der Waals surface area contributed by atoms with Gasteiger partial charge in [0.15, 0.2) is 0 Å². The van der Waals surface area contributed by atoms with Gasteiger partial charge in [-0.05, 0) is 44.7 Å². The molecule has 1 aliphatic carbocycles. The fourth-order valence-electron chi connectivity index (χ4n) is 2.82. The van der Waals surface area contributed by atoms with Crippen LogP contribution in [0.25, 0.3) is 0 Å². The zero-order valence-electron chi connectivity index (χ0n) is 11.1.